The number of fused-ring (bicyclic) bond motifs is 1. The fourth-order valence-corrected chi connectivity index (χ4v) is 1.61. The fraction of sp³-hybridized carbons (Fsp3) is 0.125. The molecule has 0 amide bonds. The van der Waals surface area contributed by atoms with Crippen molar-refractivity contribution in [1.29, 1.82) is 0 Å². The summed E-state index contributed by atoms with van der Waals surface area (Å²) in [6.07, 6.45) is 1.77. The second kappa shape index (κ2) is 2.75. The Bertz CT molecular complexity index is 436. The first-order valence-electron chi connectivity index (χ1n) is 3.44. The van der Waals surface area contributed by atoms with Gasteiger partial charge in [-0.15, -0.1) is 0 Å². The molecule has 0 aliphatic carbocycles. The molecule has 1 aromatic heterocycles. The van der Waals surface area contributed by atoms with E-state index in [0.29, 0.717) is 5.02 Å². The highest BCUT2D eigenvalue weighted by Gasteiger charge is 2.03. The predicted molar refractivity (Wildman–Crippen MR) is 53.4 cm³/mol. The number of aryl methyl sites for hydroxylation is 1. The van der Waals surface area contributed by atoms with Gasteiger partial charge in [-0.1, -0.05) is 11.6 Å². The lowest BCUT2D eigenvalue weighted by molar-refractivity contribution is 0.947. The van der Waals surface area contributed by atoms with E-state index in [2.05, 4.69) is 20.9 Å². The summed E-state index contributed by atoms with van der Waals surface area (Å²) in [5.74, 6) is 0. The van der Waals surface area contributed by atoms with Gasteiger partial charge in [0.25, 0.3) is 0 Å². The van der Waals surface area contributed by atoms with Crippen LogP contribution in [0.4, 0.5) is 0 Å². The normalized spacial score (nSPS) is 10.9. The minimum atomic E-state index is 0.696. The van der Waals surface area contributed by atoms with E-state index in [0.717, 1.165) is 15.5 Å². The average Bonchev–Trinajstić information content (AvgIpc) is 2.35. The van der Waals surface area contributed by atoms with Crippen LogP contribution in [0.3, 0.4) is 0 Å². The van der Waals surface area contributed by atoms with Gasteiger partial charge in [0.1, 0.15) is 0 Å². The molecule has 62 valence electrons. The minimum absolute atomic E-state index is 0.696. The fourth-order valence-electron chi connectivity index (χ4n) is 1.12. The van der Waals surface area contributed by atoms with Crippen molar-refractivity contribution >= 4 is 38.6 Å². The Morgan fingerprint density at radius 1 is 1.50 bits per heavy atom. The molecule has 0 radical (unpaired) electrons. The first-order chi connectivity index (χ1) is 5.68. The number of halogens is 2. The second-order valence-corrected chi connectivity index (χ2v) is 3.87. The summed E-state index contributed by atoms with van der Waals surface area (Å²) in [6.45, 7) is 0. The van der Waals surface area contributed by atoms with Crippen molar-refractivity contribution in [3.8, 4) is 0 Å². The molecular weight excluding hydrogens is 239 g/mol. The Kier molecular flexibility index (Phi) is 1.85. The highest BCUT2D eigenvalue weighted by molar-refractivity contribution is 9.10. The first-order valence-corrected chi connectivity index (χ1v) is 4.61. The van der Waals surface area contributed by atoms with Crippen molar-refractivity contribution < 1.29 is 0 Å². The molecule has 0 bridgehead atoms. The van der Waals surface area contributed by atoms with E-state index in [1.165, 1.54) is 0 Å². The third-order valence-corrected chi connectivity index (χ3v) is 2.96. The van der Waals surface area contributed by atoms with Gasteiger partial charge in [-0.25, -0.2) is 4.98 Å². The maximum atomic E-state index is 5.90. The van der Waals surface area contributed by atoms with Crippen LogP contribution in [0.1, 0.15) is 0 Å². The number of aromatic nitrogens is 2. The van der Waals surface area contributed by atoms with Crippen LogP contribution < -0.4 is 0 Å². The van der Waals surface area contributed by atoms with Crippen LogP contribution in [0, 0.1) is 0 Å². The highest BCUT2D eigenvalue weighted by Crippen LogP contribution is 2.26. The number of hydrogen-bond donors (Lipinski definition) is 0. The van der Waals surface area contributed by atoms with Gasteiger partial charge < -0.3 is 4.57 Å². The number of hydrogen-bond acceptors (Lipinski definition) is 1. The molecular formula is C8H6BrClN2. The Hall–Kier alpha value is -0.540. The average molecular weight is 246 g/mol. The number of rotatable bonds is 0. The molecule has 1 heterocycles. The smallest absolute Gasteiger partial charge is 0.0955 e. The maximum absolute atomic E-state index is 5.90. The summed E-state index contributed by atoms with van der Waals surface area (Å²) in [5, 5.41) is 0.696. The highest BCUT2D eigenvalue weighted by atomic mass is 79.9. The molecule has 0 fully saturated rings. The van der Waals surface area contributed by atoms with Gasteiger partial charge in [0.15, 0.2) is 0 Å². The second-order valence-electron chi connectivity index (χ2n) is 2.61. The van der Waals surface area contributed by atoms with Crippen LogP contribution in [-0.4, -0.2) is 9.55 Å². The van der Waals surface area contributed by atoms with Crippen molar-refractivity contribution in [2.24, 2.45) is 7.05 Å². The van der Waals surface area contributed by atoms with Crippen LogP contribution in [0.5, 0.6) is 0 Å². The lowest BCUT2D eigenvalue weighted by Gasteiger charge is -1.97. The van der Waals surface area contributed by atoms with Crippen molar-refractivity contribution in [3.05, 3.63) is 28.0 Å². The topological polar surface area (TPSA) is 17.8 Å². The molecule has 2 aromatic rings. The molecule has 2 rings (SSSR count). The molecule has 0 atom stereocenters. The number of imidazole rings is 1. The Balaban J connectivity index is 2.87. The van der Waals surface area contributed by atoms with E-state index in [-0.39, 0.29) is 0 Å². The van der Waals surface area contributed by atoms with Gasteiger partial charge in [-0.3, -0.25) is 0 Å². The summed E-state index contributed by atoms with van der Waals surface area (Å²) < 4.78 is 2.86. The largest absolute Gasteiger partial charge is 0.334 e. The Labute approximate surface area is 83.3 Å². The summed E-state index contributed by atoms with van der Waals surface area (Å²) in [5.41, 5.74) is 2.00. The molecule has 0 aliphatic heterocycles. The summed E-state index contributed by atoms with van der Waals surface area (Å²) in [7, 11) is 1.95. The quantitative estimate of drug-likeness (QED) is 0.698. The number of nitrogens with zero attached hydrogens (tertiary/aromatic N) is 2. The first kappa shape index (κ1) is 8.08. The summed E-state index contributed by atoms with van der Waals surface area (Å²) >= 11 is 9.26. The summed E-state index contributed by atoms with van der Waals surface area (Å²) in [6, 6.07) is 3.81. The van der Waals surface area contributed by atoms with Gasteiger partial charge >= 0.3 is 0 Å². The molecule has 0 saturated carbocycles. The van der Waals surface area contributed by atoms with Gasteiger partial charge in [-0.05, 0) is 28.1 Å². The minimum Gasteiger partial charge on any atom is -0.334 e. The lowest BCUT2D eigenvalue weighted by atomic mass is 10.3. The molecule has 0 unspecified atom stereocenters. The van der Waals surface area contributed by atoms with Crippen molar-refractivity contribution in [2.75, 3.05) is 0 Å². The van der Waals surface area contributed by atoms with Gasteiger partial charge in [-0.2, -0.15) is 0 Å². The summed E-state index contributed by atoms with van der Waals surface area (Å²) in [4.78, 5) is 4.18. The van der Waals surface area contributed by atoms with Crippen LogP contribution in [0.15, 0.2) is 22.9 Å². The third kappa shape index (κ3) is 1.13. The van der Waals surface area contributed by atoms with Crippen LogP contribution in [-0.2, 0) is 7.05 Å². The molecule has 0 aliphatic rings. The van der Waals surface area contributed by atoms with E-state index in [4.69, 9.17) is 11.6 Å². The van der Waals surface area contributed by atoms with E-state index in [9.17, 15) is 0 Å². The van der Waals surface area contributed by atoms with Crippen LogP contribution >= 0.6 is 27.5 Å². The van der Waals surface area contributed by atoms with Crippen molar-refractivity contribution in [1.82, 2.24) is 9.55 Å². The standard InChI is InChI=1S/C8H6BrClN2/c1-12-4-11-7-3-6(10)5(9)2-8(7)12/h2-4H,1H3. The molecule has 2 nitrogen and oxygen atoms in total. The van der Waals surface area contributed by atoms with Crippen molar-refractivity contribution in [2.45, 2.75) is 0 Å². The van der Waals surface area contributed by atoms with Crippen molar-refractivity contribution in [3.63, 3.8) is 0 Å². The van der Waals surface area contributed by atoms with E-state index in [1.54, 1.807) is 6.33 Å². The molecule has 12 heavy (non-hydrogen) atoms. The van der Waals surface area contributed by atoms with E-state index < -0.39 is 0 Å². The van der Waals surface area contributed by atoms with Gasteiger partial charge in [0.2, 0.25) is 0 Å². The lowest BCUT2D eigenvalue weighted by Crippen LogP contribution is -1.83. The molecule has 0 saturated heterocycles. The van der Waals surface area contributed by atoms with E-state index in [1.807, 2.05) is 23.7 Å². The molecule has 0 N–H and O–H groups in total. The zero-order chi connectivity index (χ0) is 8.72. The zero-order valence-electron chi connectivity index (χ0n) is 6.38. The van der Waals surface area contributed by atoms with Gasteiger partial charge in [0, 0.05) is 11.5 Å². The zero-order valence-corrected chi connectivity index (χ0v) is 8.72. The Morgan fingerprint density at radius 2 is 2.25 bits per heavy atom. The van der Waals surface area contributed by atoms with Crippen LogP contribution in [0.25, 0.3) is 11.0 Å². The predicted octanol–water partition coefficient (Wildman–Crippen LogP) is 2.99. The number of benzene rings is 1. The third-order valence-electron chi connectivity index (χ3n) is 1.77. The SMILES string of the molecule is Cn1cnc2cc(Cl)c(Br)cc21. The molecule has 4 heteroatoms. The monoisotopic (exact) mass is 244 g/mol. The molecule has 1 aromatic carbocycles. The Morgan fingerprint density at radius 3 is 3.00 bits per heavy atom. The van der Waals surface area contributed by atoms with Gasteiger partial charge in [0.05, 0.1) is 22.4 Å². The molecule has 0 spiro atoms. The van der Waals surface area contributed by atoms with E-state index >= 15 is 0 Å². The van der Waals surface area contributed by atoms with Crippen LogP contribution in [0.2, 0.25) is 5.02 Å². The maximum Gasteiger partial charge on any atom is 0.0955 e.